The first kappa shape index (κ1) is 19.4. The molecule has 138 valence electrons. The van der Waals surface area contributed by atoms with Crippen LogP contribution in [0.1, 0.15) is 36.0 Å². The number of aliphatic hydroxyl groups excluding tert-OH is 1. The lowest BCUT2D eigenvalue weighted by molar-refractivity contribution is -0.136. The molecule has 6 heteroatoms. The number of hydrogen-bond acceptors (Lipinski definition) is 4. The number of amides is 2. The molecule has 0 unspecified atom stereocenters. The molecule has 0 bridgehead atoms. The first-order valence-corrected chi connectivity index (χ1v) is 8.94. The summed E-state index contributed by atoms with van der Waals surface area (Å²) in [4.78, 5) is 26.3. The molecule has 1 fully saturated rings. The van der Waals surface area contributed by atoms with Gasteiger partial charge in [-0.15, -0.1) is 0 Å². The van der Waals surface area contributed by atoms with Crippen molar-refractivity contribution in [1.82, 2.24) is 10.2 Å². The van der Waals surface area contributed by atoms with Gasteiger partial charge < -0.3 is 20.6 Å². The molecule has 0 aromatic heterocycles. The number of nitrogens with one attached hydrogen (secondary N) is 2. The lowest BCUT2D eigenvalue weighted by Crippen LogP contribution is -2.39. The van der Waals surface area contributed by atoms with Crippen molar-refractivity contribution < 1.29 is 14.7 Å². The van der Waals surface area contributed by atoms with E-state index in [9.17, 15) is 14.7 Å². The molecule has 1 aliphatic rings. The molecular weight excluding hydrogens is 318 g/mol. The Morgan fingerprint density at radius 2 is 1.72 bits per heavy atom. The Morgan fingerprint density at radius 1 is 1.12 bits per heavy atom. The molecule has 1 aromatic carbocycles. The summed E-state index contributed by atoms with van der Waals surface area (Å²) < 4.78 is 0. The van der Waals surface area contributed by atoms with E-state index in [1.807, 2.05) is 32.9 Å². The van der Waals surface area contributed by atoms with E-state index in [2.05, 4.69) is 15.5 Å². The molecule has 2 amide bonds. The average molecular weight is 347 g/mol. The maximum Gasteiger partial charge on any atom is 0.313 e. The SMILES string of the molecule is Cc1cc(C)c(NC(=O)C(=O)NCCCN2CCC(O)CC2)c(C)c1. The summed E-state index contributed by atoms with van der Waals surface area (Å²) in [6.45, 7) is 8.96. The zero-order valence-corrected chi connectivity index (χ0v) is 15.4. The van der Waals surface area contributed by atoms with Crippen molar-refractivity contribution in [3.05, 3.63) is 28.8 Å². The maximum absolute atomic E-state index is 12.1. The Bertz CT molecular complexity index is 599. The Labute approximate surface area is 149 Å². The molecule has 2 rings (SSSR count). The van der Waals surface area contributed by atoms with E-state index < -0.39 is 11.8 Å². The van der Waals surface area contributed by atoms with Crippen molar-refractivity contribution in [1.29, 1.82) is 0 Å². The van der Waals surface area contributed by atoms with E-state index in [0.717, 1.165) is 55.6 Å². The first-order valence-electron chi connectivity index (χ1n) is 8.94. The largest absolute Gasteiger partial charge is 0.393 e. The van der Waals surface area contributed by atoms with Crippen molar-refractivity contribution >= 4 is 17.5 Å². The molecule has 0 spiro atoms. The van der Waals surface area contributed by atoms with Crippen LogP contribution in [0.3, 0.4) is 0 Å². The second kappa shape index (κ2) is 8.97. The topological polar surface area (TPSA) is 81.7 Å². The number of aliphatic hydroxyl groups is 1. The molecule has 0 saturated carbocycles. The standard InChI is InChI=1S/C19H29N3O3/c1-13-11-14(2)17(15(3)12-13)21-19(25)18(24)20-7-4-8-22-9-5-16(23)6-10-22/h11-12,16,23H,4-10H2,1-3H3,(H,20,24)(H,21,25). The second-order valence-corrected chi connectivity index (χ2v) is 6.91. The van der Waals surface area contributed by atoms with Crippen LogP contribution in [0.5, 0.6) is 0 Å². The summed E-state index contributed by atoms with van der Waals surface area (Å²) in [6, 6.07) is 3.96. The quantitative estimate of drug-likeness (QED) is 0.557. The monoisotopic (exact) mass is 347 g/mol. The molecule has 0 radical (unpaired) electrons. The van der Waals surface area contributed by atoms with Crippen LogP contribution in [-0.2, 0) is 9.59 Å². The number of hydrogen-bond donors (Lipinski definition) is 3. The molecule has 0 atom stereocenters. The van der Waals surface area contributed by atoms with Crippen molar-refractivity contribution in [2.24, 2.45) is 0 Å². The fourth-order valence-electron chi connectivity index (χ4n) is 3.28. The number of carbonyl (C=O) groups excluding carboxylic acids is 2. The Hall–Kier alpha value is -1.92. The summed E-state index contributed by atoms with van der Waals surface area (Å²) in [6.07, 6.45) is 2.24. The summed E-state index contributed by atoms with van der Waals surface area (Å²) in [5.41, 5.74) is 3.73. The van der Waals surface area contributed by atoms with Gasteiger partial charge in [-0.1, -0.05) is 17.7 Å². The lowest BCUT2D eigenvalue weighted by atomic mass is 10.1. The Kier molecular flexibility index (Phi) is 6.96. The van der Waals surface area contributed by atoms with Crippen LogP contribution in [0.25, 0.3) is 0 Å². The Morgan fingerprint density at radius 3 is 2.32 bits per heavy atom. The fraction of sp³-hybridized carbons (Fsp3) is 0.579. The number of aryl methyl sites for hydroxylation is 3. The summed E-state index contributed by atoms with van der Waals surface area (Å²) in [7, 11) is 0. The van der Waals surface area contributed by atoms with Gasteiger partial charge in [0.25, 0.3) is 0 Å². The minimum absolute atomic E-state index is 0.173. The van der Waals surface area contributed by atoms with Gasteiger partial charge in [0, 0.05) is 25.3 Å². The van der Waals surface area contributed by atoms with Gasteiger partial charge >= 0.3 is 11.8 Å². The summed E-state index contributed by atoms with van der Waals surface area (Å²) in [5, 5.41) is 14.9. The smallest absolute Gasteiger partial charge is 0.313 e. The van der Waals surface area contributed by atoms with Crippen LogP contribution in [0.2, 0.25) is 0 Å². The molecule has 3 N–H and O–H groups in total. The van der Waals surface area contributed by atoms with E-state index in [-0.39, 0.29) is 6.10 Å². The van der Waals surface area contributed by atoms with Crippen LogP contribution in [0, 0.1) is 20.8 Å². The van der Waals surface area contributed by atoms with Gasteiger partial charge in [0.05, 0.1) is 6.10 Å². The van der Waals surface area contributed by atoms with Gasteiger partial charge in [0.2, 0.25) is 0 Å². The van der Waals surface area contributed by atoms with E-state index >= 15 is 0 Å². The van der Waals surface area contributed by atoms with Crippen LogP contribution < -0.4 is 10.6 Å². The normalized spacial score (nSPS) is 15.8. The number of likely N-dealkylation sites (tertiary alicyclic amines) is 1. The number of carbonyl (C=O) groups is 2. The maximum atomic E-state index is 12.1. The van der Waals surface area contributed by atoms with E-state index in [1.54, 1.807) is 0 Å². The number of benzene rings is 1. The number of anilines is 1. The highest BCUT2D eigenvalue weighted by molar-refractivity contribution is 6.39. The van der Waals surface area contributed by atoms with E-state index in [1.165, 1.54) is 0 Å². The van der Waals surface area contributed by atoms with Crippen molar-refractivity contribution in [2.75, 3.05) is 31.5 Å². The van der Waals surface area contributed by atoms with Gasteiger partial charge in [-0.2, -0.15) is 0 Å². The summed E-state index contributed by atoms with van der Waals surface area (Å²) >= 11 is 0. The molecule has 1 heterocycles. The number of rotatable bonds is 5. The second-order valence-electron chi connectivity index (χ2n) is 6.91. The predicted octanol–water partition coefficient (Wildman–Crippen LogP) is 1.51. The van der Waals surface area contributed by atoms with Crippen molar-refractivity contribution in [3.8, 4) is 0 Å². The third-order valence-electron chi connectivity index (χ3n) is 4.62. The highest BCUT2D eigenvalue weighted by atomic mass is 16.3. The van der Waals surface area contributed by atoms with Crippen LogP contribution in [0.4, 0.5) is 5.69 Å². The molecule has 6 nitrogen and oxygen atoms in total. The first-order chi connectivity index (χ1) is 11.9. The molecule has 1 aliphatic heterocycles. The number of nitrogens with zero attached hydrogens (tertiary/aromatic N) is 1. The third-order valence-corrected chi connectivity index (χ3v) is 4.62. The average Bonchev–Trinajstić information content (AvgIpc) is 2.56. The van der Waals surface area contributed by atoms with Gasteiger partial charge in [0.1, 0.15) is 0 Å². The van der Waals surface area contributed by atoms with Gasteiger partial charge in [0.15, 0.2) is 0 Å². The zero-order chi connectivity index (χ0) is 18.4. The van der Waals surface area contributed by atoms with E-state index in [0.29, 0.717) is 12.2 Å². The highest BCUT2D eigenvalue weighted by Gasteiger charge is 2.18. The Balaban J connectivity index is 1.73. The van der Waals surface area contributed by atoms with Gasteiger partial charge in [-0.05, 0) is 57.7 Å². The minimum atomic E-state index is -0.629. The lowest BCUT2D eigenvalue weighted by Gasteiger charge is -2.29. The van der Waals surface area contributed by atoms with Gasteiger partial charge in [-0.25, -0.2) is 0 Å². The molecular formula is C19H29N3O3. The minimum Gasteiger partial charge on any atom is -0.393 e. The highest BCUT2D eigenvalue weighted by Crippen LogP contribution is 2.21. The molecule has 1 aromatic rings. The van der Waals surface area contributed by atoms with Crippen LogP contribution >= 0.6 is 0 Å². The molecule has 25 heavy (non-hydrogen) atoms. The summed E-state index contributed by atoms with van der Waals surface area (Å²) in [5.74, 6) is -1.23. The molecule has 1 saturated heterocycles. The van der Waals surface area contributed by atoms with Crippen molar-refractivity contribution in [2.45, 2.75) is 46.1 Å². The number of piperidine rings is 1. The fourth-order valence-corrected chi connectivity index (χ4v) is 3.28. The zero-order valence-electron chi connectivity index (χ0n) is 15.4. The van der Waals surface area contributed by atoms with Crippen molar-refractivity contribution in [3.63, 3.8) is 0 Å². The van der Waals surface area contributed by atoms with E-state index in [4.69, 9.17) is 0 Å². The molecule has 0 aliphatic carbocycles. The predicted molar refractivity (Wildman–Crippen MR) is 98.6 cm³/mol. The van der Waals surface area contributed by atoms with Crippen LogP contribution in [0.15, 0.2) is 12.1 Å². The van der Waals surface area contributed by atoms with Crippen LogP contribution in [-0.4, -0.2) is 54.1 Å². The van der Waals surface area contributed by atoms with Gasteiger partial charge in [-0.3, -0.25) is 9.59 Å². The third kappa shape index (κ3) is 5.83.